The number of nitrogens with zero attached hydrogens (tertiary/aromatic N) is 1. The van der Waals surface area contributed by atoms with Gasteiger partial charge in [-0.2, -0.15) is 0 Å². The summed E-state index contributed by atoms with van der Waals surface area (Å²) in [6.07, 6.45) is 4.52. The van der Waals surface area contributed by atoms with E-state index in [1.165, 1.54) is 19.3 Å². The molecule has 2 fully saturated rings. The minimum atomic E-state index is 0.494. The minimum Gasteiger partial charge on any atom is -0.465 e. The maximum Gasteiger partial charge on any atom is 0.118 e. The van der Waals surface area contributed by atoms with Crippen LogP contribution in [-0.2, 0) is 11.3 Å². The molecule has 0 N–H and O–H groups in total. The molecule has 2 aliphatic rings. The normalized spacial score (nSPS) is 32.7. The van der Waals surface area contributed by atoms with E-state index >= 15 is 0 Å². The third-order valence-electron chi connectivity index (χ3n) is 4.51. The highest BCUT2D eigenvalue weighted by atomic mass is 16.5. The summed E-state index contributed by atoms with van der Waals surface area (Å²) >= 11 is 0. The molecule has 1 saturated carbocycles. The van der Waals surface area contributed by atoms with Crippen LogP contribution in [0.4, 0.5) is 0 Å². The van der Waals surface area contributed by atoms with Gasteiger partial charge >= 0.3 is 0 Å². The van der Waals surface area contributed by atoms with Gasteiger partial charge in [0, 0.05) is 20.2 Å². The van der Waals surface area contributed by atoms with Crippen molar-refractivity contribution < 1.29 is 9.15 Å². The summed E-state index contributed by atoms with van der Waals surface area (Å²) in [5.74, 6) is 3.55. The zero-order valence-electron chi connectivity index (χ0n) is 11.4. The van der Waals surface area contributed by atoms with Crippen molar-refractivity contribution in [2.45, 2.75) is 38.8 Å². The SMILES string of the molecule is COC1C2CCCC1CN(Cc1ccc(C)o1)C2. The lowest BCUT2D eigenvalue weighted by molar-refractivity contribution is -0.0762. The van der Waals surface area contributed by atoms with Crippen LogP contribution in [0.1, 0.15) is 30.8 Å². The van der Waals surface area contributed by atoms with E-state index in [2.05, 4.69) is 17.0 Å². The van der Waals surface area contributed by atoms with Crippen LogP contribution >= 0.6 is 0 Å². The molecule has 2 unspecified atom stereocenters. The van der Waals surface area contributed by atoms with Crippen LogP contribution < -0.4 is 0 Å². The Labute approximate surface area is 109 Å². The number of hydrogen-bond acceptors (Lipinski definition) is 3. The molecule has 1 saturated heterocycles. The molecule has 0 spiro atoms. The topological polar surface area (TPSA) is 25.6 Å². The van der Waals surface area contributed by atoms with Gasteiger partial charge in [-0.15, -0.1) is 0 Å². The predicted octanol–water partition coefficient (Wildman–Crippen LogP) is 2.83. The average Bonchev–Trinajstić information content (AvgIpc) is 2.73. The van der Waals surface area contributed by atoms with Gasteiger partial charge in [-0.25, -0.2) is 0 Å². The fraction of sp³-hybridized carbons (Fsp3) is 0.733. The molecule has 2 atom stereocenters. The molecule has 2 bridgehead atoms. The van der Waals surface area contributed by atoms with Crippen molar-refractivity contribution in [3.05, 3.63) is 23.7 Å². The van der Waals surface area contributed by atoms with Crippen LogP contribution in [-0.4, -0.2) is 31.2 Å². The third kappa shape index (κ3) is 2.34. The monoisotopic (exact) mass is 249 g/mol. The molecule has 0 aromatic carbocycles. The standard InChI is InChI=1S/C15H23NO2/c1-11-6-7-14(18-11)10-16-8-12-4-3-5-13(9-16)15(12)17-2/h6-7,12-13,15H,3-5,8-10H2,1-2H3. The number of ether oxygens (including phenoxy) is 1. The summed E-state index contributed by atoms with van der Waals surface area (Å²) < 4.78 is 11.4. The highest BCUT2D eigenvalue weighted by Gasteiger charge is 2.39. The first-order chi connectivity index (χ1) is 8.76. The van der Waals surface area contributed by atoms with Crippen molar-refractivity contribution in [1.82, 2.24) is 4.90 Å². The molecule has 3 nitrogen and oxygen atoms in total. The average molecular weight is 249 g/mol. The molecule has 18 heavy (non-hydrogen) atoms. The molecular formula is C15H23NO2. The van der Waals surface area contributed by atoms with Crippen LogP contribution in [0.15, 0.2) is 16.5 Å². The number of piperidine rings is 1. The number of likely N-dealkylation sites (tertiary alicyclic amines) is 1. The summed E-state index contributed by atoms with van der Waals surface area (Å²) in [6.45, 7) is 5.29. The van der Waals surface area contributed by atoms with E-state index in [0.29, 0.717) is 6.10 Å². The molecule has 0 amide bonds. The Hall–Kier alpha value is -0.800. The van der Waals surface area contributed by atoms with Crippen LogP contribution in [0, 0.1) is 18.8 Å². The summed E-state index contributed by atoms with van der Waals surface area (Å²) in [5.41, 5.74) is 0. The molecule has 2 heterocycles. The summed E-state index contributed by atoms with van der Waals surface area (Å²) in [7, 11) is 1.88. The zero-order chi connectivity index (χ0) is 12.5. The van der Waals surface area contributed by atoms with Gasteiger partial charge in [-0.1, -0.05) is 6.42 Å². The van der Waals surface area contributed by atoms with E-state index in [1.807, 2.05) is 14.0 Å². The first-order valence-corrected chi connectivity index (χ1v) is 7.06. The lowest BCUT2D eigenvalue weighted by Crippen LogP contribution is -2.51. The summed E-state index contributed by atoms with van der Waals surface area (Å²) in [5, 5.41) is 0. The molecule has 1 aromatic rings. The van der Waals surface area contributed by atoms with E-state index in [1.54, 1.807) is 0 Å². The van der Waals surface area contributed by atoms with Gasteiger partial charge in [0.05, 0.1) is 12.6 Å². The second-order valence-electron chi connectivity index (χ2n) is 5.86. The lowest BCUT2D eigenvalue weighted by atomic mass is 9.75. The lowest BCUT2D eigenvalue weighted by Gasteiger charge is -2.46. The number of hydrogen-bond donors (Lipinski definition) is 0. The highest BCUT2D eigenvalue weighted by Crippen LogP contribution is 2.37. The number of fused-ring (bicyclic) bond motifs is 2. The second kappa shape index (κ2) is 5.06. The van der Waals surface area contributed by atoms with Gasteiger partial charge in [-0.05, 0) is 43.7 Å². The quantitative estimate of drug-likeness (QED) is 0.823. The van der Waals surface area contributed by atoms with E-state index < -0.39 is 0 Å². The molecule has 3 rings (SSSR count). The van der Waals surface area contributed by atoms with Gasteiger partial charge in [0.25, 0.3) is 0 Å². The number of furan rings is 1. The Morgan fingerprint density at radius 2 is 2.00 bits per heavy atom. The smallest absolute Gasteiger partial charge is 0.118 e. The van der Waals surface area contributed by atoms with Crippen LogP contribution in [0.2, 0.25) is 0 Å². The Kier molecular flexibility index (Phi) is 3.44. The molecular weight excluding hydrogens is 226 g/mol. The summed E-state index contributed by atoms with van der Waals surface area (Å²) in [6, 6.07) is 4.16. The van der Waals surface area contributed by atoms with Gasteiger partial charge in [0.2, 0.25) is 0 Å². The van der Waals surface area contributed by atoms with Gasteiger partial charge in [-0.3, -0.25) is 4.90 Å². The van der Waals surface area contributed by atoms with Gasteiger partial charge in [0.1, 0.15) is 11.5 Å². The molecule has 100 valence electrons. The number of rotatable bonds is 3. The second-order valence-corrected chi connectivity index (χ2v) is 5.86. The predicted molar refractivity (Wildman–Crippen MR) is 70.4 cm³/mol. The van der Waals surface area contributed by atoms with Crippen LogP contribution in [0.5, 0.6) is 0 Å². The number of methoxy groups -OCH3 is 1. The fourth-order valence-electron chi connectivity index (χ4n) is 3.79. The van der Waals surface area contributed by atoms with Gasteiger partial charge < -0.3 is 9.15 Å². The van der Waals surface area contributed by atoms with Crippen LogP contribution in [0.25, 0.3) is 0 Å². The summed E-state index contributed by atoms with van der Waals surface area (Å²) in [4.78, 5) is 2.54. The van der Waals surface area contributed by atoms with E-state index in [0.717, 1.165) is 43.0 Å². The first kappa shape index (κ1) is 12.2. The Morgan fingerprint density at radius 1 is 1.28 bits per heavy atom. The van der Waals surface area contributed by atoms with Crippen molar-refractivity contribution in [2.75, 3.05) is 20.2 Å². The van der Waals surface area contributed by atoms with Crippen molar-refractivity contribution in [3.8, 4) is 0 Å². The highest BCUT2D eigenvalue weighted by molar-refractivity contribution is 5.06. The molecule has 1 aliphatic heterocycles. The van der Waals surface area contributed by atoms with E-state index in [-0.39, 0.29) is 0 Å². The Bertz CT molecular complexity index is 387. The molecule has 3 heteroatoms. The number of aryl methyl sites for hydroxylation is 1. The fourth-order valence-corrected chi connectivity index (χ4v) is 3.79. The third-order valence-corrected chi connectivity index (χ3v) is 4.51. The van der Waals surface area contributed by atoms with E-state index in [4.69, 9.17) is 9.15 Å². The maximum atomic E-state index is 5.71. The minimum absolute atomic E-state index is 0.494. The van der Waals surface area contributed by atoms with Crippen molar-refractivity contribution in [1.29, 1.82) is 0 Å². The molecule has 0 radical (unpaired) electrons. The van der Waals surface area contributed by atoms with Gasteiger partial charge in [0.15, 0.2) is 0 Å². The maximum absolute atomic E-state index is 5.71. The largest absolute Gasteiger partial charge is 0.465 e. The Morgan fingerprint density at radius 3 is 2.56 bits per heavy atom. The molecule has 1 aliphatic carbocycles. The van der Waals surface area contributed by atoms with Crippen LogP contribution in [0.3, 0.4) is 0 Å². The van der Waals surface area contributed by atoms with E-state index in [9.17, 15) is 0 Å². The van der Waals surface area contributed by atoms with Crippen molar-refractivity contribution in [2.24, 2.45) is 11.8 Å². The zero-order valence-corrected chi connectivity index (χ0v) is 11.4. The van der Waals surface area contributed by atoms with Crippen molar-refractivity contribution in [3.63, 3.8) is 0 Å². The molecule has 1 aromatic heterocycles. The first-order valence-electron chi connectivity index (χ1n) is 7.06. The van der Waals surface area contributed by atoms with Crippen molar-refractivity contribution >= 4 is 0 Å². The Balaban J connectivity index is 1.66.